The Hall–Kier alpha value is -1.13. The van der Waals surface area contributed by atoms with E-state index in [1.54, 1.807) is 0 Å². The van der Waals surface area contributed by atoms with E-state index in [1.165, 1.54) is 50.5 Å². The molecule has 1 aliphatic carbocycles. The van der Waals surface area contributed by atoms with Gasteiger partial charge in [-0.3, -0.25) is 9.89 Å². The van der Waals surface area contributed by atoms with E-state index >= 15 is 0 Å². The molecule has 174 valence electrons. The minimum atomic E-state index is 0. The van der Waals surface area contributed by atoms with Gasteiger partial charge in [0.2, 0.25) is 0 Å². The van der Waals surface area contributed by atoms with Crippen LogP contribution in [0, 0.1) is 0 Å². The number of pyridine rings is 1. The molecule has 0 spiro atoms. The van der Waals surface area contributed by atoms with E-state index in [0.717, 1.165) is 64.3 Å². The summed E-state index contributed by atoms with van der Waals surface area (Å²) in [5, 5.41) is 7.16. The first-order valence-electron chi connectivity index (χ1n) is 11.8. The normalized spacial score (nSPS) is 22.1. The summed E-state index contributed by atoms with van der Waals surface area (Å²) in [5.41, 5.74) is 1.48. The SMILES string of the molecule is CN=C(NCc1ccnc(N2CCCC2)c1)NCC1(N2CCOCC2)CCCCC1.I. The monoisotopic (exact) mass is 542 g/mol. The molecule has 0 radical (unpaired) electrons. The van der Waals surface area contributed by atoms with E-state index in [1.807, 2.05) is 13.2 Å². The second-order valence-corrected chi connectivity index (χ2v) is 8.88. The Morgan fingerprint density at radius 2 is 1.81 bits per heavy atom. The molecule has 0 aromatic carbocycles. The Kier molecular flexibility index (Phi) is 9.65. The smallest absolute Gasteiger partial charge is 0.191 e. The van der Waals surface area contributed by atoms with Crippen LogP contribution >= 0.6 is 24.0 Å². The van der Waals surface area contributed by atoms with Crippen LogP contribution in [-0.4, -0.2) is 74.4 Å². The number of hydrogen-bond acceptors (Lipinski definition) is 5. The molecule has 7 nitrogen and oxygen atoms in total. The molecular formula is C23H39IN6O. The molecule has 3 fully saturated rings. The minimum absolute atomic E-state index is 0. The van der Waals surface area contributed by atoms with Gasteiger partial charge >= 0.3 is 0 Å². The Bertz CT molecular complexity index is 697. The van der Waals surface area contributed by atoms with Crippen LogP contribution in [0.25, 0.3) is 0 Å². The van der Waals surface area contributed by atoms with E-state index in [-0.39, 0.29) is 29.5 Å². The summed E-state index contributed by atoms with van der Waals surface area (Å²) in [6.45, 7) is 7.75. The average Bonchev–Trinajstić information content (AvgIpc) is 3.36. The maximum Gasteiger partial charge on any atom is 0.191 e. The van der Waals surface area contributed by atoms with Crippen molar-refractivity contribution in [3.05, 3.63) is 23.9 Å². The summed E-state index contributed by atoms with van der Waals surface area (Å²) in [6.07, 6.45) is 11.0. The number of nitrogens with zero attached hydrogens (tertiary/aromatic N) is 4. The Morgan fingerprint density at radius 3 is 2.52 bits per heavy atom. The van der Waals surface area contributed by atoms with Crippen molar-refractivity contribution in [3.8, 4) is 0 Å². The van der Waals surface area contributed by atoms with Crippen LogP contribution in [0.4, 0.5) is 5.82 Å². The highest BCUT2D eigenvalue weighted by Gasteiger charge is 2.38. The molecule has 2 aliphatic heterocycles. The zero-order valence-electron chi connectivity index (χ0n) is 18.9. The molecule has 2 saturated heterocycles. The third-order valence-corrected chi connectivity index (χ3v) is 6.97. The van der Waals surface area contributed by atoms with Crippen LogP contribution in [0.1, 0.15) is 50.5 Å². The predicted octanol–water partition coefficient (Wildman–Crippen LogP) is 3.00. The largest absolute Gasteiger partial charge is 0.379 e. The number of morpholine rings is 1. The molecule has 3 heterocycles. The van der Waals surface area contributed by atoms with Crippen LogP contribution in [-0.2, 0) is 11.3 Å². The van der Waals surface area contributed by atoms with Crippen LogP contribution in [0.2, 0.25) is 0 Å². The van der Waals surface area contributed by atoms with E-state index in [4.69, 9.17) is 4.74 Å². The van der Waals surface area contributed by atoms with Crippen molar-refractivity contribution < 1.29 is 4.74 Å². The maximum absolute atomic E-state index is 5.61. The zero-order chi connectivity index (χ0) is 20.7. The van der Waals surface area contributed by atoms with Crippen molar-refractivity contribution in [3.63, 3.8) is 0 Å². The fourth-order valence-corrected chi connectivity index (χ4v) is 5.20. The van der Waals surface area contributed by atoms with E-state index in [0.29, 0.717) is 0 Å². The highest BCUT2D eigenvalue weighted by Crippen LogP contribution is 2.33. The number of rotatable bonds is 6. The molecule has 31 heavy (non-hydrogen) atoms. The predicted molar refractivity (Wildman–Crippen MR) is 138 cm³/mol. The minimum Gasteiger partial charge on any atom is -0.379 e. The summed E-state index contributed by atoms with van der Waals surface area (Å²) in [5.74, 6) is 1.98. The van der Waals surface area contributed by atoms with Gasteiger partial charge in [0.25, 0.3) is 0 Å². The van der Waals surface area contributed by atoms with Gasteiger partial charge in [-0.05, 0) is 43.4 Å². The summed E-state index contributed by atoms with van der Waals surface area (Å²) in [6, 6.07) is 4.30. The highest BCUT2D eigenvalue weighted by atomic mass is 127. The lowest BCUT2D eigenvalue weighted by molar-refractivity contribution is -0.0352. The lowest BCUT2D eigenvalue weighted by atomic mass is 9.80. The standard InChI is InChI=1S/C23H38N6O.HI/c1-24-22(26-18-20-7-10-25-21(17-20)28-11-5-6-12-28)27-19-23(8-3-2-4-9-23)29-13-15-30-16-14-29;/h7,10,17H,2-6,8-9,11-16,18-19H2,1H3,(H2,24,26,27);1H. The van der Waals surface area contributed by atoms with Gasteiger partial charge < -0.3 is 20.3 Å². The molecule has 8 heteroatoms. The van der Waals surface area contributed by atoms with Crippen molar-refractivity contribution in [2.45, 2.75) is 57.0 Å². The van der Waals surface area contributed by atoms with Crippen LogP contribution in [0.3, 0.4) is 0 Å². The Morgan fingerprint density at radius 1 is 1.06 bits per heavy atom. The van der Waals surface area contributed by atoms with Gasteiger partial charge in [0.05, 0.1) is 13.2 Å². The Labute approximate surface area is 204 Å². The summed E-state index contributed by atoms with van der Waals surface area (Å²) >= 11 is 0. The van der Waals surface area contributed by atoms with Gasteiger partial charge in [0.15, 0.2) is 5.96 Å². The molecule has 0 amide bonds. The molecule has 2 N–H and O–H groups in total. The first kappa shape index (κ1) is 24.5. The molecule has 3 aliphatic rings. The van der Waals surface area contributed by atoms with Gasteiger partial charge in [-0.25, -0.2) is 4.98 Å². The van der Waals surface area contributed by atoms with E-state index in [9.17, 15) is 0 Å². The molecular weight excluding hydrogens is 503 g/mol. The molecule has 0 atom stereocenters. The van der Waals surface area contributed by atoms with E-state index in [2.05, 4.69) is 42.5 Å². The number of halogens is 1. The third kappa shape index (κ3) is 6.44. The number of aliphatic imine (C=N–C) groups is 1. The summed E-state index contributed by atoms with van der Waals surface area (Å²) in [4.78, 5) is 14.1. The molecule has 4 rings (SSSR count). The lowest BCUT2D eigenvalue weighted by Gasteiger charge is -2.48. The van der Waals surface area contributed by atoms with Crippen molar-refractivity contribution in [2.75, 3.05) is 57.9 Å². The zero-order valence-corrected chi connectivity index (χ0v) is 21.3. The van der Waals surface area contributed by atoms with Crippen LogP contribution in [0.5, 0.6) is 0 Å². The number of aromatic nitrogens is 1. The number of anilines is 1. The summed E-state index contributed by atoms with van der Waals surface area (Å²) in [7, 11) is 1.86. The molecule has 0 bridgehead atoms. The van der Waals surface area contributed by atoms with Crippen LogP contribution in [0.15, 0.2) is 23.3 Å². The first-order chi connectivity index (χ1) is 14.8. The van der Waals surface area contributed by atoms with Gasteiger partial charge in [0, 0.05) is 58.1 Å². The Balaban J connectivity index is 0.00000272. The number of ether oxygens (including phenoxy) is 1. The van der Waals surface area contributed by atoms with Crippen molar-refractivity contribution >= 4 is 35.8 Å². The van der Waals surface area contributed by atoms with Gasteiger partial charge in [-0.1, -0.05) is 19.3 Å². The third-order valence-electron chi connectivity index (χ3n) is 6.97. The van der Waals surface area contributed by atoms with Gasteiger partial charge in [-0.2, -0.15) is 0 Å². The topological polar surface area (TPSA) is 65.0 Å². The average molecular weight is 543 g/mol. The van der Waals surface area contributed by atoms with Crippen LogP contribution < -0.4 is 15.5 Å². The maximum atomic E-state index is 5.61. The number of guanidine groups is 1. The van der Waals surface area contributed by atoms with Gasteiger partial charge in [-0.15, -0.1) is 24.0 Å². The van der Waals surface area contributed by atoms with E-state index < -0.39 is 0 Å². The second kappa shape index (κ2) is 12.2. The quantitative estimate of drug-likeness (QED) is 0.328. The van der Waals surface area contributed by atoms with Crippen molar-refractivity contribution in [1.82, 2.24) is 20.5 Å². The molecule has 1 aromatic heterocycles. The molecule has 0 unspecified atom stereocenters. The number of nitrogens with one attached hydrogen (secondary N) is 2. The fourth-order valence-electron chi connectivity index (χ4n) is 5.20. The number of hydrogen-bond donors (Lipinski definition) is 2. The summed E-state index contributed by atoms with van der Waals surface area (Å²) < 4.78 is 5.61. The first-order valence-corrected chi connectivity index (χ1v) is 11.8. The molecule has 1 aromatic rings. The molecule has 1 saturated carbocycles. The van der Waals surface area contributed by atoms with Gasteiger partial charge in [0.1, 0.15) is 5.82 Å². The van der Waals surface area contributed by atoms with Crippen molar-refractivity contribution in [2.24, 2.45) is 4.99 Å². The highest BCUT2D eigenvalue weighted by molar-refractivity contribution is 14.0. The van der Waals surface area contributed by atoms with Crippen molar-refractivity contribution in [1.29, 1.82) is 0 Å². The second-order valence-electron chi connectivity index (χ2n) is 8.88. The lowest BCUT2D eigenvalue weighted by Crippen LogP contribution is -2.60. The fraction of sp³-hybridized carbons (Fsp3) is 0.739.